The Labute approximate surface area is 118 Å². The Hall–Kier alpha value is -1.93. The molecule has 2 heterocycles. The maximum absolute atomic E-state index is 12.5. The van der Waals surface area contributed by atoms with Crippen molar-refractivity contribution in [2.24, 2.45) is 0 Å². The Morgan fingerprint density at radius 1 is 1.45 bits per heavy atom. The summed E-state index contributed by atoms with van der Waals surface area (Å²) in [5.41, 5.74) is 1.30. The predicted octanol–water partition coefficient (Wildman–Crippen LogP) is 1.06. The van der Waals surface area contributed by atoms with Gasteiger partial charge >= 0.3 is 0 Å². The zero-order valence-corrected chi connectivity index (χ0v) is 12.2. The highest BCUT2D eigenvalue weighted by molar-refractivity contribution is 7.89. The molecule has 20 heavy (non-hydrogen) atoms. The molecule has 8 heteroatoms. The maximum atomic E-state index is 12.5. The van der Waals surface area contributed by atoms with Gasteiger partial charge in [-0.25, -0.2) is 13.4 Å². The molecule has 2 N–H and O–H groups in total. The number of H-pyrrole nitrogens is 1. The van der Waals surface area contributed by atoms with Crippen molar-refractivity contribution in [3.63, 3.8) is 0 Å². The van der Waals surface area contributed by atoms with Crippen LogP contribution in [0.3, 0.4) is 0 Å². The molecule has 2 aromatic heterocycles. The van der Waals surface area contributed by atoms with Crippen LogP contribution in [0, 0.1) is 0 Å². The van der Waals surface area contributed by atoms with E-state index in [1.807, 2.05) is 6.92 Å². The van der Waals surface area contributed by atoms with Gasteiger partial charge in [0, 0.05) is 38.1 Å². The van der Waals surface area contributed by atoms with Crippen molar-refractivity contribution < 1.29 is 8.42 Å². The fourth-order valence-electron chi connectivity index (χ4n) is 1.78. The Balaban J connectivity index is 2.30. The molecule has 0 bridgehead atoms. The minimum absolute atomic E-state index is 0.0350. The number of rotatable bonds is 6. The van der Waals surface area contributed by atoms with E-state index in [0.29, 0.717) is 12.2 Å². The Kier molecular flexibility index (Phi) is 4.35. The molecule has 0 saturated heterocycles. The van der Waals surface area contributed by atoms with E-state index >= 15 is 0 Å². The Morgan fingerprint density at radius 2 is 2.25 bits per heavy atom. The fraction of sp³-hybridized carbons (Fsp3) is 0.333. The van der Waals surface area contributed by atoms with Gasteiger partial charge in [-0.1, -0.05) is 0 Å². The Bertz CT molecular complexity index is 654. The van der Waals surface area contributed by atoms with Crippen LogP contribution in [0.1, 0.15) is 12.5 Å². The van der Waals surface area contributed by atoms with Gasteiger partial charge < -0.3 is 5.32 Å². The van der Waals surface area contributed by atoms with E-state index in [9.17, 15) is 8.42 Å². The van der Waals surface area contributed by atoms with E-state index in [4.69, 9.17) is 0 Å². The van der Waals surface area contributed by atoms with E-state index in [-0.39, 0.29) is 11.6 Å². The normalized spacial score (nSPS) is 11.8. The van der Waals surface area contributed by atoms with E-state index in [1.54, 1.807) is 24.5 Å². The van der Waals surface area contributed by atoms with Gasteiger partial charge in [0.25, 0.3) is 10.0 Å². The van der Waals surface area contributed by atoms with Crippen LogP contribution in [0.15, 0.2) is 35.7 Å². The molecule has 0 fully saturated rings. The summed E-state index contributed by atoms with van der Waals surface area (Å²) in [5, 5.41) is 9.51. The Morgan fingerprint density at radius 3 is 2.90 bits per heavy atom. The molecule has 0 aromatic carbocycles. The molecular weight excluding hydrogens is 278 g/mol. The number of nitrogens with one attached hydrogen (secondary N) is 2. The molecule has 7 nitrogen and oxygen atoms in total. The van der Waals surface area contributed by atoms with Gasteiger partial charge in [0.15, 0.2) is 5.03 Å². The first-order valence-electron chi connectivity index (χ1n) is 6.18. The lowest BCUT2D eigenvalue weighted by Gasteiger charge is -2.18. The van der Waals surface area contributed by atoms with Gasteiger partial charge in [-0.3, -0.25) is 5.10 Å². The first-order chi connectivity index (χ1) is 9.55. The molecule has 0 radical (unpaired) electrons. The minimum Gasteiger partial charge on any atom is -0.383 e. The molecule has 2 aromatic rings. The van der Waals surface area contributed by atoms with Gasteiger partial charge in [-0.15, -0.1) is 0 Å². The van der Waals surface area contributed by atoms with Crippen LogP contribution in [0.5, 0.6) is 0 Å². The second-order valence-electron chi connectivity index (χ2n) is 4.25. The SMILES string of the molecule is CCNc1cccnc1S(=O)(=O)N(C)Cc1cn[nH]c1. The van der Waals surface area contributed by atoms with Gasteiger partial charge in [0.1, 0.15) is 0 Å². The number of aromatic nitrogens is 3. The van der Waals surface area contributed by atoms with E-state index in [2.05, 4.69) is 20.5 Å². The topological polar surface area (TPSA) is 91.0 Å². The number of pyridine rings is 1. The van der Waals surface area contributed by atoms with Crippen LogP contribution in [0.4, 0.5) is 5.69 Å². The van der Waals surface area contributed by atoms with E-state index < -0.39 is 10.0 Å². The van der Waals surface area contributed by atoms with Crippen LogP contribution in [-0.2, 0) is 16.6 Å². The van der Waals surface area contributed by atoms with E-state index in [0.717, 1.165) is 5.56 Å². The average molecular weight is 295 g/mol. The molecule has 0 atom stereocenters. The summed E-state index contributed by atoms with van der Waals surface area (Å²) in [4.78, 5) is 4.00. The summed E-state index contributed by atoms with van der Waals surface area (Å²) in [6.45, 7) is 2.76. The minimum atomic E-state index is -3.65. The lowest BCUT2D eigenvalue weighted by atomic mass is 10.4. The lowest BCUT2D eigenvalue weighted by molar-refractivity contribution is 0.464. The van der Waals surface area contributed by atoms with Crippen molar-refractivity contribution in [3.05, 3.63) is 36.3 Å². The van der Waals surface area contributed by atoms with Crippen molar-refractivity contribution >= 4 is 15.7 Å². The van der Waals surface area contributed by atoms with Crippen LogP contribution in [0.2, 0.25) is 0 Å². The van der Waals surface area contributed by atoms with Crippen LogP contribution >= 0.6 is 0 Å². The number of anilines is 1. The third-order valence-electron chi connectivity index (χ3n) is 2.75. The summed E-state index contributed by atoms with van der Waals surface area (Å²) in [5.74, 6) is 0. The molecule has 0 aliphatic heterocycles. The summed E-state index contributed by atoms with van der Waals surface area (Å²) in [6, 6.07) is 3.40. The molecule has 0 unspecified atom stereocenters. The summed E-state index contributed by atoms with van der Waals surface area (Å²) < 4.78 is 26.3. The highest BCUT2D eigenvalue weighted by Crippen LogP contribution is 2.22. The largest absolute Gasteiger partial charge is 0.383 e. The second kappa shape index (κ2) is 6.02. The lowest BCUT2D eigenvalue weighted by Crippen LogP contribution is -2.28. The number of hydrogen-bond acceptors (Lipinski definition) is 5. The zero-order valence-electron chi connectivity index (χ0n) is 11.4. The molecule has 0 aliphatic carbocycles. The fourth-order valence-corrected chi connectivity index (χ4v) is 3.00. The summed E-state index contributed by atoms with van der Waals surface area (Å²) in [6.07, 6.45) is 4.73. The van der Waals surface area contributed by atoms with Gasteiger partial charge in [-0.2, -0.15) is 9.40 Å². The van der Waals surface area contributed by atoms with Crippen LogP contribution < -0.4 is 5.32 Å². The number of sulfonamides is 1. The second-order valence-corrected chi connectivity index (χ2v) is 6.21. The molecule has 2 rings (SSSR count). The van der Waals surface area contributed by atoms with Gasteiger partial charge in [-0.05, 0) is 19.1 Å². The number of nitrogens with zero attached hydrogens (tertiary/aromatic N) is 3. The molecular formula is C12H17N5O2S. The van der Waals surface area contributed by atoms with Crippen molar-refractivity contribution in [2.75, 3.05) is 18.9 Å². The van der Waals surface area contributed by atoms with Crippen LogP contribution in [-0.4, -0.2) is 41.5 Å². The number of hydrogen-bond donors (Lipinski definition) is 2. The molecule has 108 valence electrons. The van der Waals surface area contributed by atoms with Gasteiger partial charge in [0.05, 0.1) is 11.9 Å². The molecule has 0 spiro atoms. The predicted molar refractivity (Wildman–Crippen MR) is 75.6 cm³/mol. The third kappa shape index (κ3) is 2.97. The number of aromatic amines is 1. The first-order valence-corrected chi connectivity index (χ1v) is 7.62. The quantitative estimate of drug-likeness (QED) is 0.831. The molecule has 0 saturated carbocycles. The average Bonchev–Trinajstić information content (AvgIpc) is 2.92. The van der Waals surface area contributed by atoms with Crippen molar-refractivity contribution in [1.29, 1.82) is 0 Å². The maximum Gasteiger partial charge on any atom is 0.262 e. The van der Waals surface area contributed by atoms with Crippen molar-refractivity contribution in [3.8, 4) is 0 Å². The van der Waals surface area contributed by atoms with Crippen LogP contribution in [0.25, 0.3) is 0 Å². The smallest absolute Gasteiger partial charge is 0.262 e. The monoisotopic (exact) mass is 295 g/mol. The van der Waals surface area contributed by atoms with Crippen molar-refractivity contribution in [2.45, 2.75) is 18.5 Å². The highest BCUT2D eigenvalue weighted by Gasteiger charge is 2.25. The highest BCUT2D eigenvalue weighted by atomic mass is 32.2. The third-order valence-corrected chi connectivity index (χ3v) is 4.52. The van der Waals surface area contributed by atoms with E-state index in [1.165, 1.54) is 17.5 Å². The summed E-state index contributed by atoms with van der Waals surface area (Å²) >= 11 is 0. The molecule has 0 amide bonds. The van der Waals surface area contributed by atoms with Crippen molar-refractivity contribution in [1.82, 2.24) is 19.5 Å². The zero-order chi connectivity index (χ0) is 14.6. The summed E-state index contributed by atoms with van der Waals surface area (Å²) in [7, 11) is -2.13. The standard InChI is InChI=1S/C12H17N5O2S/c1-3-13-11-5-4-6-14-12(11)20(18,19)17(2)9-10-7-15-16-8-10/h4-8,13H,3,9H2,1-2H3,(H,15,16). The van der Waals surface area contributed by atoms with Gasteiger partial charge in [0.2, 0.25) is 0 Å². The molecule has 0 aliphatic rings. The first kappa shape index (κ1) is 14.5.